The Bertz CT molecular complexity index is 581. The van der Waals surface area contributed by atoms with E-state index in [0.717, 1.165) is 24.0 Å². The molecule has 100 valence electrons. The summed E-state index contributed by atoms with van der Waals surface area (Å²) < 4.78 is 38.8. The van der Waals surface area contributed by atoms with Crippen molar-refractivity contribution in [1.82, 2.24) is 9.97 Å². The Morgan fingerprint density at radius 2 is 1.68 bits per heavy atom. The molecule has 0 aromatic carbocycles. The monoisotopic (exact) mass is 267 g/mol. The van der Waals surface area contributed by atoms with Crippen LogP contribution in [-0.2, 0) is 6.18 Å². The molecule has 1 atom stereocenters. The number of hydrogen-bond acceptors (Lipinski definition) is 3. The van der Waals surface area contributed by atoms with Crippen molar-refractivity contribution >= 4 is 0 Å². The van der Waals surface area contributed by atoms with Gasteiger partial charge >= 0.3 is 6.18 Å². The Balaban J connectivity index is 2.51. The molecule has 0 aliphatic rings. The molecule has 0 spiro atoms. The second-order valence-corrected chi connectivity index (χ2v) is 4.17. The number of pyridine rings is 2. The summed E-state index contributed by atoms with van der Waals surface area (Å²) in [5.74, 6) is 0. The maximum atomic E-state index is 12.9. The van der Waals surface area contributed by atoms with Crippen molar-refractivity contribution in [3.63, 3.8) is 0 Å². The molecule has 0 saturated heterocycles. The summed E-state index contributed by atoms with van der Waals surface area (Å²) in [5.41, 5.74) is 6.50. The third-order valence-corrected chi connectivity index (χ3v) is 2.89. The zero-order valence-corrected chi connectivity index (χ0v) is 10.1. The van der Waals surface area contributed by atoms with Gasteiger partial charge in [0.2, 0.25) is 0 Å². The Kier molecular flexibility index (Phi) is 3.53. The van der Waals surface area contributed by atoms with Gasteiger partial charge in [0.25, 0.3) is 0 Å². The van der Waals surface area contributed by atoms with Crippen molar-refractivity contribution in [3.05, 3.63) is 59.2 Å². The molecule has 0 bridgehead atoms. The van der Waals surface area contributed by atoms with E-state index in [2.05, 4.69) is 9.97 Å². The summed E-state index contributed by atoms with van der Waals surface area (Å²) in [6, 6.07) is 1.67. The first-order valence-corrected chi connectivity index (χ1v) is 5.58. The van der Waals surface area contributed by atoms with Crippen molar-refractivity contribution in [2.24, 2.45) is 5.73 Å². The summed E-state index contributed by atoms with van der Waals surface area (Å²) in [6.07, 6.45) is 0.896. The Morgan fingerprint density at radius 3 is 2.32 bits per heavy atom. The molecule has 0 aliphatic heterocycles. The zero-order valence-electron chi connectivity index (χ0n) is 10.1. The highest BCUT2D eigenvalue weighted by atomic mass is 19.4. The summed E-state index contributed by atoms with van der Waals surface area (Å²) in [4.78, 5) is 7.64. The molecular formula is C13H12F3N3. The van der Waals surface area contributed by atoms with Gasteiger partial charge in [-0.05, 0) is 30.2 Å². The minimum absolute atomic E-state index is 0.0377. The van der Waals surface area contributed by atoms with E-state index < -0.39 is 17.8 Å². The molecule has 0 radical (unpaired) electrons. The van der Waals surface area contributed by atoms with Gasteiger partial charge in [0.05, 0.1) is 11.6 Å². The molecule has 2 N–H and O–H groups in total. The van der Waals surface area contributed by atoms with Gasteiger partial charge in [-0.3, -0.25) is 9.97 Å². The third-order valence-electron chi connectivity index (χ3n) is 2.89. The summed E-state index contributed by atoms with van der Waals surface area (Å²) in [7, 11) is 0. The number of aromatic nitrogens is 2. The van der Waals surface area contributed by atoms with Crippen LogP contribution < -0.4 is 5.73 Å². The molecular weight excluding hydrogens is 255 g/mol. The minimum Gasteiger partial charge on any atom is -0.320 e. The molecule has 0 amide bonds. The molecule has 0 saturated carbocycles. The normalized spacial score (nSPS) is 13.3. The molecule has 2 aromatic heterocycles. The van der Waals surface area contributed by atoms with E-state index in [1.807, 2.05) is 0 Å². The lowest BCUT2D eigenvalue weighted by atomic mass is 9.95. The Morgan fingerprint density at radius 1 is 1.05 bits per heavy atom. The summed E-state index contributed by atoms with van der Waals surface area (Å²) in [6.45, 7) is 1.76. The quantitative estimate of drug-likeness (QED) is 0.910. The van der Waals surface area contributed by atoms with Crippen LogP contribution in [0, 0.1) is 6.92 Å². The number of nitrogens with two attached hydrogens (primary N) is 1. The number of alkyl halides is 3. The first-order chi connectivity index (χ1) is 8.91. The molecule has 3 nitrogen and oxygen atoms in total. The van der Waals surface area contributed by atoms with Crippen LogP contribution in [0.2, 0.25) is 0 Å². The average molecular weight is 267 g/mol. The summed E-state index contributed by atoms with van der Waals surface area (Å²) >= 11 is 0. The van der Waals surface area contributed by atoms with E-state index in [0.29, 0.717) is 5.56 Å². The maximum Gasteiger partial charge on any atom is 0.416 e. The number of rotatable bonds is 2. The van der Waals surface area contributed by atoms with E-state index in [1.165, 1.54) is 6.20 Å². The molecule has 2 rings (SSSR count). The van der Waals surface area contributed by atoms with Crippen molar-refractivity contribution in [1.29, 1.82) is 0 Å². The fraction of sp³-hybridized carbons (Fsp3) is 0.231. The maximum absolute atomic E-state index is 12.9. The second-order valence-electron chi connectivity index (χ2n) is 4.17. The molecule has 0 aliphatic carbocycles. The lowest BCUT2D eigenvalue weighted by Crippen LogP contribution is -2.19. The van der Waals surface area contributed by atoms with Crippen LogP contribution in [0.1, 0.15) is 28.3 Å². The van der Waals surface area contributed by atoms with E-state index in [9.17, 15) is 13.2 Å². The van der Waals surface area contributed by atoms with Crippen LogP contribution in [0.15, 0.2) is 36.9 Å². The number of nitrogens with zero attached hydrogens (tertiary/aromatic N) is 2. The Labute approximate surface area is 108 Å². The van der Waals surface area contributed by atoms with Crippen LogP contribution in [-0.4, -0.2) is 9.97 Å². The highest BCUT2D eigenvalue weighted by Crippen LogP contribution is 2.35. The van der Waals surface area contributed by atoms with Crippen molar-refractivity contribution < 1.29 is 13.2 Å². The van der Waals surface area contributed by atoms with Gasteiger partial charge in [-0.2, -0.15) is 13.2 Å². The predicted molar refractivity (Wildman–Crippen MR) is 64.2 cm³/mol. The standard InChI is InChI=1S/C13H12F3N3/c1-8-6-18-4-2-9(8)12(17)10-7-19-5-3-11(10)13(14,15)16/h2-7,12H,17H2,1H3. The molecule has 6 heteroatoms. The number of hydrogen-bond donors (Lipinski definition) is 1. The highest BCUT2D eigenvalue weighted by Gasteiger charge is 2.35. The number of halogens is 3. The zero-order chi connectivity index (χ0) is 14.0. The third kappa shape index (κ3) is 2.73. The first-order valence-electron chi connectivity index (χ1n) is 5.58. The van der Waals surface area contributed by atoms with Crippen LogP contribution in [0.3, 0.4) is 0 Å². The SMILES string of the molecule is Cc1cnccc1C(N)c1cnccc1C(F)(F)F. The predicted octanol–water partition coefficient (Wildman–Crippen LogP) is 2.85. The smallest absolute Gasteiger partial charge is 0.320 e. The van der Waals surface area contributed by atoms with Gasteiger partial charge in [-0.1, -0.05) is 0 Å². The molecule has 2 heterocycles. The number of aryl methyl sites for hydroxylation is 1. The van der Waals surface area contributed by atoms with Gasteiger partial charge < -0.3 is 5.73 Å². The van der Waals surface area contributed by atoms with Crippen molar-refractivity contribution in [3.8, 4) is 0 Å². The van der Waals surface area contributed by atoms with E-state index in [1.54, 1.807) is 19.2 Å². The lowest BCUT2D eigenvalue weighted by Gasteiger charge is -2.19. The summed E-state index contributed by atoms with van der Waals surface area (Å²) in [5, 5.41) is 0. The fourth-order valence-electron chi connectivity index (χ4n) is 1.91. The topological polar surface area (TPSA) is 51.8 Å². The first kappa shape index (κ1) is 13.5. The average Bonchev–Trinajstić information content (AvgIpc) is 2.37. The molecule has 1 unspecified atom stereocenters. The lowest BCUT2D eigenvalue weighted by molar-refractivity contribution is -0.138. The largest absolute Gasteiger partial charge is 0.416 e. The molecule has 2 aromatic rings. The molecule has 19 heavy (non-hydrogen) atoms. The van der Waals surface area contributed by atoms with Crippen LogP contribution in [0.25, 0.3) is 0 Å². The van der Waals surface area contributed by atoms with Crippen LogP contribution in [0.4, 0.5) is 13.2 Å². The Hall–Kier alpha value is -1.95. The van der Waals surface area contributed by atoms with Gasteiger partial charge in [0.1, 0.15) is 0 Å². The van der Waals surface area contributed by atoms with Crippen molar-refractivity contribution in [2.45, 2.75) is 19.1 Å². The fourth-order valence-corrected chi connectivity index (χ4v) is 1.91. The van der Waals surface area contributed by atoms with E-state index >= 15 is 0 Å². The van der Waals surface area contributed by atoms with Gasteiger partial charge in [0, 0.05) is 30.4 Å². The molecule has 0 fully saturated rings. The van der Waals surface area contributed by atoms with Crippen LogP contribution >= 0.6 is 0 Å². The van der Waals surface area contributed by atoms with Gasteiger partial charge in [-0.25, -0.2) is 0 Å². The van der Waals surface area contributed by atoms with Gasteiger partial charge in [-0.15, -0.1) is 0 Å². The van der Waals surface area contributed by atoms with Crippen molar-refractivity contribution in [2.75, 3.05) is 0 Å². The highest BCUT2D eigenvalue weighted by molar-refractivity contribution is 5.38. The van der Waals surface area contributed by atoms with Crippen LogP contribution in [0.5, 0.6) is 0 Å². The van der Waals surface area contributed by atoms with E-state index in [4.69, 9.17) is 5.73 Å². The second kappa shape index (κ2) is 4.97. The van der Waals surface area contributed by atoms with E-state index in [-0.39, 0.29) is 5.56 Å². The minimum atomic E-state index is -4.45. The van der Waals surface area contributed by atoms with Gasteiger partial charge in [0.15, 0.2) is 0 Å².